The van der Waals surface area contributed by atoms with Crippen LogP contribution in [0.5, 0.6) is 0 Å². The van der Waals surface area contributed by atoms with E-state index in [2.05, 4.69) is 39.8 Å². The lowest BCUT2D eigenvalue weighted by molar-refractivity contribution is -0.291. The fraction of sp³-hybridized carbons (Fsp3) is 0.778. The summed E-state index contributed by atoms with van der Waals surface area (Å²) >= 11 is 4.02. The van der Waals surface area contributed by atoms with Crippen molar-refractivity contribution in [3.05, 3.63) is 34.4 Å². The first-order chi connectivity index (χ1) is 16.1. The molecule has 0 aromatic rings. The second kappa shape index (κ2) is 9.55. The second-order valence-electron chi connectivity index (χ2n) is 11.5. The largest absolute Gasteiger partial charge is 0.388 e. The molecule has 0 aromatic heterocycles. The molecule has 1 saturated carbocycles. The predicted octanol–water partition coefficient (Wildman–Crippen LogP) is 4.43. The molecule has 190 valence electrons. The summed E-state index contributed by atoms with van der Waals surface area (Å²) < 4.78 is 12.8. The van der Waals surface area contributed by atoms with Gasteiger partial charge in [-0.3, -0.25) is 0 Å². The van der Waals surface area contributed by atoms with E-state index in [1.165, 1.54) is 35.5 Å². The molecule has 34 heavy (non-hydrogen) atoms. The lowest BCUT2D eigenvalue weighted by atomic mass is 9.57. The van der Waals surface area contributed by atoms with E-state index >= 15 is 0 Å². The van der Waals surface area contributed by atoms with Crippen LogP contribution < -0.4 is 0 Å². The maximum Gasteiger partial charge on any atom is 0.186 e. The van der Waals surface area contributed by atoms with Gasteiger partial charge in [0.25, 0.3) is 0 Å². The van der Waals surface area contributed by atoms with Crippen LogP contribution in [-0.2, 0) is 9.47 Å². The van der Waals surface area contributed by atoms with E-state index in [-0.39, 0.29) is 23.5 Å². The normalized spacial score (nSPS) is 43.5. The average Bonchev–Trinajstić information content (AvgIpc) is 3.42. The molecule has 2 aliphatic heterocycles. The molecule has 3 N–H and O–H groups in total. The van der Waals surface area contributed by atoms with Crippen LogP contribution in [0.2, 0.25) is 0 Å². The highest BCUT2D eigenvalue weighted by Crippen LogP contribution is 2.62. The Balaban J connectivity index is 1.55. The standard InChI is InChI=1S/C27H40O5S2/c1-15(2)17-7-8-26(3)9-10-27(4)18(21(17)26)6-5-16(25-33-11-12-34-25)13-20(27)32-24-23(30)22(29)19(28)14-31-24/h5-6,15,19-20,22-25,28-30H,7-14H2,1-4H3/t19-,20?,22+,23-,24+,26-,27-/m1/s1. The second-order valence-corrected chi connectivity index (χ2v) is 14.2. The molecule has 3 aliphatic carbocycles. The van der Waals surface area contributed by atoms with Gasteiger partial charge in [-0.2, -0.15) is 0 Å². The number of fused-ring (bicyclic) bond motifs is 3. The van der Waals surface area contributed by atoms with Crippen LogP contribution in [0.4, 0.5) is 0 Å². The highest BCUT2D eigenvalue weighted by Gasteiger charge is 2.54. The van der Waals surface area contributed by atoms with E-state index in [1.54, 1.807) is 11.1 Å². The minimum atomic E-state index is -1.27. The number of hydrogen-bond donors (Lipinski definition) is 3. The molecule has 2 heterocycles. The first kappa shape index (κ1) is 25.4. The van der Waals surface area contributed by atoms with E-state index < -0.39 is 24.6 Å². The maximum atomic E-state index is 10.7. The van der Waals surface area contributed by atoms with Gasteiger partial charge in [-0.05, 0) is 60.2 Å². The van der Waals surface area contributed by atoms with Crippen molar-refractivity contribution in [1.29, 1.82) is 0 Å². The zero-order valence-electron chi connectivity index (χ0n) is 20.8. The lowest BCUT2D eigenvalue weighted by Gasteiger charge is -2.50. The molecule has 5 rings (SSSR count). The Bertz CT molecular complexity index is 891. The molecule has 1 unspecified atom stereocenters. The van der Waals surface area contributed by atoms with Gasteiger partial charge in [0, 0.05) is 16.9 Å². The van der Waals surface area contributed by atoms with Crippen molar-refractivity contribution in [3.8, 4) is 0 Å². The van der Waals surface area contributed by atoms with Crippen molar-refractivity contribution >= 4 is 23.5 Å². The summed E-state index contributed by atoms with van der Waals surface area (Å²) in [6.45, 7) is 9.37. The van der Waals surface area contributed by atoms with Crippen molar-refractivity contribution in [3.63, 3.8) is 0 Å². The molecule has 0 bridgehead atoms. The summed E-state index contributed by atoms with van der Waals surface area (Å²) in [6, 6.07) is 0. The van der Waals surface area contributed by atoms with Crippen LogP contribution in [0.25, 0.3) is 0 Å². The smallest absolute Gasteiger partial charge is 0.186 e. The third kappa shape index (κ3) is 4.27. The first-order valence-corrected chi connectivity index (χ1v) is 14.9. The monoisotopic (exact) mass is 508 g/mol. The highest BCUT2D eigenvalue weighted by molar-refractivity contribution is 8.20. The quantitative estimate of drug-likeness (QED) is 0.519. The molecule has 7 atom stereocenters. The van der Waals surface area contributed by atoms with Crippen molar-refractivity contribution in [2.45, 2.75) is 95.1 Å². The van der Waals surface area contributed by atoms with E-state index in [0.29, 0.717) is 10.5 Å². The van der Waals surface area contributed by atoms with Crippen LogP contribution in [0.1, 0.15) is 59.8 Å². The molecule has 0 radical (unpaired) electrons. The summed E-state index contributed by atoms with van der Waals surface area (Å²) in [5.41, 5.74) is 5.93. The number of aliphatic hydroxyl groups excluding tert-OH is 3. The molecule has 0 amide bonds. The Morgan fingerprint density at radius 3 is 2.47 bits per heavy atom. The van der Waals surface area contributed by atoms with Gasteiger partial charge in [-0.25, -0.2) is 0 Å². The number of ether oxygens (including phenoxy) is 2. The Morgan fingerprint density at radius 1 is 1.03 bits per heavy atom. The Hall–Kier alpha value is -0.280. The van der Waals surface area contributed by atoms with Crippen molar-refractivity contribution in [1.82, 2.24) is 0 Å². The van der Waals surface area contributed by atoms with Gasteiger partial charge in [0.2, 0.25) is 0 Å². The van der Waals surface area contributed by atoms with Crippen molar-refractivity contribution < 1.29 is 24.8 Å². The number of hydrogen-bond acceptors (Lipinski definition) is 7. The SMILES string of the molecule is CC(C)C1=C2C3=CC=C(C4SCCS4)CC(O[C@@H]4OC[C@@H](O)[C@H](O)[C@H]4O)[C@]3(C)CC[C@@]2(C)CC1. The van der Waals surface area contributed by atoms with E-state index in [4.69, 9.17) is 9.47 Å². The maximum absolute atomic E-state index is 10.7. The highest BCUT2D eigenvalue weighted by atomic mass is 32.2. The summed E-state index contributed by atoms with van der Waals surface area (Å²) in [7, 11) is 0. The number of allylic oxidation sites excluding steroid dienone is 4. The predicted molar refractivity (Wildman–Crippen MR) is 139 cm³/mol. The third-order valence-corrected chi connectivity index (χ3v) is 12.1. The van der Waals surface area contributed by atoms with Gasteiger partial charge in [-0.1, -0.05) is 45.4 Å². The summed E-state index contributed by atoms with van der Waals surface area (Å²) in [6.07, 6.45) is 5.34. The van der Waals surface area contributed by atoms with Gasteiger partial charge in [0.05, 0.1) is 17.3 Å². The van der Waals surface area contributed by atoms with Crippen LogP contribution >= 0.6 is 23.5 Å². The minimum absolute atomic E-state index is 0.0349. The molecular formula is C27H40O5S2. The number of thioether (sulfide) groups is 2. The van der Waals surface area contributed by atoms with Gasteiger partial charge >= 0.3 is 0 Å². The van der Waals surface area contributed by atoms with E-state index in [0.717, 1.165) is 19.3 Å². The summed E-state index contributed by atoms with van der Waals surface area (Å²) in [4.78, 5) is 0. The Morgan fingerprint density at radius 2 is 1.76 bits per heavy atom. The lowest BCUT2D eigenvalue weighted by Crippen LogP contribution is -2.56. The Labute approximate surface area is 212 Å². The van der Waals surface area contributed by atoms with Crippen molar-refractivity contribution in [2.24, 2.45) is 16.7 Å². The zero-order valence-corrected chi connectivity index (χ0v) is 22.5. The van der Waals surface area contributed by atoms with Crippen LogP contribution in [0.3, 0.4) is 0 Å². The Kier molecular flexibility index (Phi) is 7.13. The van der Waals surface area contributed by atoms with Crippen LogP contribution in [0, 0.1) is 16.7 Å². The van der Waals surface area contributed by atoms with E-state index in [9.17, 15) is 15.3 Å². The number of rotatable bonds is 4. The molecule has 7 heteroatoms. The van der Waals surface area contributed by atoms with Gasteiger partial charge < -0.3 is 24.8 Å². The molecule has 0 spiro atoms. The molecule has 5 aliphatic rings. The average molecular weight is 509 g/mol. The molecule has 3 fully saturated rings. The fourth-order valence-electron chi connectivity index (χ4n) is 6.64. The minimum Gasteiger partial charge on any atom is -0.388 e. The van der Waals surface area contributed by atoms with Crippen LogP contribution in [-0.4, -0.2) is 68.7 Å². The first-order valence-electron chi connectivity index (χ1n) is 12.8. The molecule has 5 nitrogen and oxygen atoms in total. The molecule has 0 aromatic carbocycles. The molecular weight excluding hydrogens is 468 g/mol. The number of aliphatic hydroxyl groups is 3. The summed E-state index contributed by atoms with van der Waals surface area (Å²) in [5, 5.41) is 30.9. The summed E-state index contributed by atoms with van der Waals surface area (Å²) in [5.74, 6) is 2.86. The van der Waals surface area contributed by atoms with Gasteiger partial charge in [0.1, 0.15) is 18.3 Å². The third-order valence-electron chi connectivity index (χ3n) is 8.92. The fourth-order valence-corrected chi connectivity index (χ4v) is 9.58. The zero-order chi connectivity index (χ0) is 24.3. The van der Waals surface area contributed by atoms with Crippen molar-refractivity contribution in [2.75, 3.05) is 18.1 Å². The van der Waals surface area contributed by atoms with Gasteiger partial charge in [-0.15, -0.1) is 23.5 Å². The topological polar surface area (TPSA) is 79.2 Å². The van der Waals surface area contributed by atoms with Crippen LogP contribution in [0.15, 0.2) is 34.4 Å². The van der Waals surface area contributed by atoms with E-state index in [1.807, 2.05) is 23.5 Å². The molecule has 2 saturated heterocycles. The van der Waals surface area contributed by atoms with Gasteiger partial charge in [0.15, 0.2) is 6.29 Å².